The van der Waals surface area contributed by atoms with E-state index in [0.717, 1.165) is 19.5 Å². The van der Waals surface area contributed by atoms with Crippen molar-refractivity contribution in [2.75, 3.05) is 26.3 Å². The monoisotopic (exact) mass is 224 g/mol. The van der Waals surface area contributed by atoms with E-state index in [2.05, 4.69) is 18.3 Å². The second-order valence-corrected chi connectivity index (χ2v) is 4.98. The molecule has 0 saturated carbocycles. The summed E-state index contributed by atoms with van der Waals surface area (Å²) in [5, 5.41) is 23.7. The smallest absolute Gasteiger partial charge is 0.112 e. The average Bonchev–Trinajstić information content (AvgIpc) is 2.80. The number of nitriles is 1. The Balaban J connectivity index is 2.30. The number of piperidine rings is 1. The molecule has 2 aliphatic heterocycles. The summed E-state index contributed by atoms with van der Waals surface area (Å²) in [5.74, 6) is 0.155. The third-order valence-electron chi connectivity index (χ3n) is 4.31. The molecule has 16 heavy (non-hydrogen) atoms. The normalized spacial score (nSPS) is 44.2. The zero-order valence-corrected chi connectivity index (χ0v) is 9.83. The molecule has 2 fully saturated rings. The quantitative estimate of drug-likeness (QED) is 0.723. The standard InChI is InChI=1S/C12H20N2O2/c1-2-10-7-14-5-3-12(10,15)11(8-13)4-6-16-9-11/h10,14-15H,2-7,9H2,1H3. The summed E-state index contributed by atoms with van der Waals surface area (Å²) in [5.41, 5.74) is -1.56. The highest BCUT2D eigenvalue weighted by Gasteiger charge is 2.57. The molecular weight excluding hydrogens is 204 g/mol. The van der Waals surface area contributed by atoms with Gasteiger partial charge in [0.15, 0.2) is 0 Å². The Morgan fingerprint density at radius 2 is 2.38 bits per heavy atom. The van der Waals surface area contributed by atoms with Crippen LogP contribution < -0.4 is 5.32 Å². The van der Waals surface area contributed by atoms with Crippen molar-refractivity contribution in [2.45, 2.75) is 31.8 Å². The lowest BCUT2D eigenvalue weighted by atomic mass is 9.62. The van der Waals surface area contributed by atoms with Gasteiger partial charge in [0.2, 0.25) is 0 Å². The van der Waals surface area contributed by atoms with Gasteiger partial charge in [0.05, 0.1) is 18.3 Å². The SMILES string of the molecule is CCC1CNCCC1(O)C1(C#N)CCOC1. The Labute approximate surface area is 96.6 Å². The third-order valence-corrected chi connectivity index (χ3v) is 4.31. The lowest BCUT2D eigenvalue weighted by Crippen LogP contribution is -2.60. The first-order chi connectivity index (χ1) is 7.68. The Hall–Kier alpha value is -0.630. The molecule has 0 aromatic heterocycles. The molecule has 0 amide bonds. The van der Waals surface area contributed by atoms with Crippen LogP contribution in [0.1, 0.15) is 26.2 Å². The summed E-state index contributed by atoms with van der Waals surface area (Å²) in [6, 6.07) is 2.35. The molecule has 2 heterocycles. The van der Waals surface area contributed by atoms with Gasteiger partial charge in [-0.15, -0.1) is 0 Å². The van der Waals surface area contributed by atoms with Gasteiger partial charge in [-0.3, -0.25) is 0 Å². The van der Waals surface area contributed by atoms with E-state index in [4.69, 9.17) is 4.74 Å². The first kappa shape index (κ1) is 11.8. The van der Waals surface area contributed by atoms with Crippen molar-refractivity contribution in [2.24, 2.45) is 11.3 Å². The average molecular weight is 224 g/mol. The van der Waals surface area contributed by atoms with Crippen LogP contribution >= 0.6 is 0 Å². The van der Waals surface area contributed by atoms with E-state index in [1.165, 1.54) is 0 Å². The topological polar surface area (TPSA) is 65.3 Å². The fourth-order valence-corrected chi connectivity index (χ4v) is 3.13. The molecule has 4 nitrogen and oxygen atoms in total. The summed E-state index contributed by atoms with van der Waals surface area (Å²) in [7, 11) is 0. The molecule has 0 spiro atoms. The van der Waals surface area contributed by atoms with Crippen LogP contribution in [0.3, 0.4) is 0 Å². The number of hydrogen-bond donors (Lipinski definition) is 2. The largest absolute Gasteiger partial charge is 0.388 e. The first-order valence-electron chi connectivity index (χ1n) is 6.10. The van der Waals surface area contributed by atoms with Gasteiger partial charge in [0.25, 0.3) is 0 Å². The van der Waals surface area contributed by atoms with Gasteiger partial charge < -0.3 is 15.2 Å². The lowest BCUT2D eigenvalue weighted by molar-refractivity contribution is -0.120. The maximum Gasteiger partial charge on any atom is 0.112 e. The van der Waals surface area contributed by atoms with Crippen molar-refractivity contribution in [1.29, 1.82) is 5.26 Å². The minimum Gasteiger partial charge on any atom is -0.388 e. The van der Waals surface area contributed by atoms with Crippen LogP contribution in [0.4, 0.5) is 0 Å². The molecule has 0 aliphatic carbocycles. The summed E-state index contributed by atoms with van der Waals surface area (Å²) < 4.78 is 5.36. The zero-order valence-electron chi connectivity index (χ0n) is 9.83. The highest BCUT2D eigenvalue weighted by molar-refractivity contribution is 5.16. The molecule has 3 unspecified atom stereocenters. The molecule has 90 valence electrons. The number of ether oxygens (including phenoxy) is 1. The molecule has 2 saturated heterocycles. The number of nitrogens with one attached hydrogen (secondary N) is 1. The predicted octanol–water partition coefficient (Wildman–Crippen LogP) is 0.667. The molecule has 0 bridgehead atoms. The van der Waals surface area contributed by atoms with Crippen molar-refractivity contribution >= 4 is 0 Å². The molecule has 2 rings (SSSR count). The summed E-state index contributed by atoms with van der Waals surface area (Å²) in [6.45, 7) is 4.65. The molecule has 3 atom stereocenters. The van der Waals surface area contributed by atoms with Crippen molar-refractivity contribution < 1.29 is 9.84 Å². The lowest BCUT2D eigenvalue weighted by Gasteiger charge is -2.47. The van der Waals surface area contributed by atoms with Crippen LogP contribution in [-0.2, 0) is 4.74 Å². The van der Waals surface area contributed by atoms with Gasteiger partial charge in [-0.1, -0.05) is 6.92 Å². The fraction of sp³-hybridized carbons (Fsp3) is 0.917. The maximum absolute atomic E-state index is 10.9. The van der Waals surface area contributed by atoms with E-state index < -0.39 is 11.0 Å². The van der Waals surface area contributed by atoms with E-state index in [1.807, 2.05) is 0 Å². The second-order valence-electron chi connectivity index (χ2n) is 4.98. The highest BCUT2D eigenvalue weighted by Crippen LogP contribution is 2.47. The van der Waals surface area contributed by atoms with Crippen LogP contribution in [-0.4, -0.2) is 37.0 Å². The van der Waals surface area contributed by atoms with E-state index >= 15 is 0 Å². The number of rotatable bonds is 2. The second kappa shape index (κ2) is 4.33. The van der Waals surface area contributed by atoms with Crippen LogP contribution in [0.5, 0.6) is 0 Å². The Morgan fingerprint density at radius 3 is 2.94 bits per heavy atom. The van der Waals surface area contributed by atoms with E-state index in [-0.39, 0.29) is 5.92 Å². The van der Waals surface area contributed by atoms with Gasteiger partial charge in [0, 0.05) is 19.1 Å². The number of aliphatic hydroxyl groups is 1. The molecule has 4 heteroatoms. The molecule has 0 radical (unpaired) electrons. The van der Waals surface area contributed by atoms with Gasteiger partial charge in [0.1, 0.15) is 5.41 Å². The summed E-state index contributed by atoms with van der Waals surface area (Å²) in [4.78, 5) is 0. The zero-order chi connectivity index (χ0) is 11.6. The Bertz CT molecular complexity index is 294. The Kier molecular flexibility index (Phi) is 3.20. The van der Waals surface area contributed by atoms with Gasteiger partial charge in [-0.05, 0) is 25.8 Å². The molecular formula is C12H20N2O2. The number of hydrogen-bond acceptors (Lipinski definition) is 4. The predicted molar refractivity (Wildman–Crippen MR) is 59.7 cm³/mol. The van der Waals surface area contributed by atoms with Crippen LogP contribution in [0.25, 0.3) is 0 Å². The van der Waals surface area contributed by atoms with Crippen LogP contribution in [0, 0.1) is 22.7 Å². The van der Waals surface area contributed by atoms with Crippen molar-refractivity contribution in [3.63, 3.8) is 0 Å². The molecule has 2 N–H and O–H groups in total. The Morgan fingerprint density at radius 1 is 1.56 bits per heavy atom. The first-order valence-corrected chi connectivity index (χ1v) is 6.10. The summed E-state index contributed by atoms with van der Waals surface area (Å²) >= 11 is 0. The van der Waals surface area contributed by atoms with E-state index in [1.54, 1.807) is 0 Å². The van der Waals surface area contributed by atoms with Gasteiger partial charge in [-0.2, -0.15) is 5.26 Å². The molecule has 0 aromatic rings. The van der Waals surface area contributed by atoms with Crippen molar-refractivity contribution in [1.82, 2.24) is 5.32 Å². The van der Waals surface area contributed by atoms with Crippen LogP contribution in [0.2, 0.25) is 0 Å². The van der Waals surface area contributed by atoms with Crippen molar-refractivity contribution in [3.8, 4) is 6.07 Å². The fourth-order valence-electron chi connectivity index (χ4n) is 3.13. The van der Waals surface area contributed by atoms with E-state index in [0.29, 0.717) is 26.1 Å². The minimum absolute atomic E-state index is 0.155. The maximum atomic E-state index is 10.9. The molecule has 0 aromatic carbocycles. The van der Waals surface area contributed by atoms with Gasteiger partial charge in [-0.25, -0.2) is 0 Å². The summed E-state index contributed by atoms with van der Waals surface area (Å²) in [6.07, 6.45) is 2.21. The molecule has 2 aliphatic rings. The number of nitrogens with zero attached hydrogens (tertiary/aromatic N) is 1. The third kappa shape index (κ3) is 1.55. The van der Waals surface area contributed by atoms with Gasteiger partial charge >= 0.3 is 0 Å². The van der Waals surface area contributed by atoms with E-state index in [9.17, 15) is 10.4 Å². The van der Waals surface area contributed by atoms with Crippen molar-refractivity contribution in [3.05, 3.63) is 0 Å². The highest BCUT2D eigenvalue weighted by atomic mass is 16.5. The van der Waals surface area contributed by atoms with Crippen LogP contribution in [0.15, 0.2) is 0 Å². The minimum atomic E-state index is -0.877.